The number of halogens is 1. The number of nitrogens with one attached hydrogen (secondary N) is 1. The number of amides is 1. The third-order valence-electron chi connectivity index (χ3n) is 4.16. The molecule has 1 aliphatic heterocycles. The Morgan fingerprint density at radius 3 is 2.48 bits per heavy atom. The van der Waals surface area contributed by atoms with E-state index in [1.54, 1.807) is 11.0 Å². The zero-order chi connectivity index (χ0) is 16.6. The van der Waals surface area contributed by atoms with E-state index in [4.69, 9.17) is 11.6 Å². The predicted molar refractivity (Wildman–Crippen MR) is 88.2 cm³/mol. The third kappa shape index (κ3) is 3.85. The lowest BCUT2D eigenvalue weighted by atomic mass is 10.2. The van der Waals surface area contributed by atoms with Crippen molar-refractivity contribution in [2.45, 2.75) is 23.8 Å². The summed E-state index contributed by atoms with van der Waals surface area (Å²) >= 11 is 6.04. The van der Waals surface area contributed by atoms with E-state index in [9.17, 15) is 13.2 Å². The minimum absolute atomic E-state index is 0.00643. The molecule has 0 unspecified atom stereocenters. The second kappa shape index (κ2) is 6.39. The first kappa shape index (κ1) is 16.7. The SMILES string of the molecule is CN1CCN(C(=O)c2ccc(Cl)c(S(=O)(=O)NC3CC3)c2)CC1. The first-order valence-electron chi connectivity index (χ1n) is 7.66. The second-order valence-electron chi connectivity index (χ2n) is 6.14. The summed E-state index contributed by atoms with van der Waals surface area (Å²) < 4.78 is 27.3. The van der Waals surface area contributed by atoms with Gasteiger partial charge in [-0.05, 0) is 38.1 Å². The molecule has 1 N–H and O–H groups in total. The first-order chi connectivity index (χ1) is 10.9. The molecule has 0 atom stereocenters. The Hall–Kier alpha value is -1.15. The molecule has 2 fully saturated rings. The molecule has 1 heterocycles. The Morgan fingerprint density at radius 1 is 1.22 bits per heavy atom. The normalized spacial score (nSPS) is 19.8. The highest BCUT2D eigenvalue weighted by Crippen LogP contribution is 2.27. The molecule has 1 aromatic rings. The Kier molecular flexibility index (Phi) is 4.64. The minimum atomic E-state index is -3.68. The summed E-state index contributed by atoms with van der Waals surface area (Å²) in [7, 11) is -1.67. The van der Waals surface area contributed by atoms with E-state index in [0.29, 0.717) is 18.7 Å². The summed E-state index contributed by atoms with van der Waals surface area (Å²) in [5.41, 5.74) is 0.357. The summed E-state index contributed by atoms with van der Waals surface area (Å²) in [6, 6.07) is 4.44. The molecule has 0 radical (unpaired) electrons. The number of carbonyl (C=O) groups is 1. The van der Waals surface area contributed by atoms with Crippen molar-refractivity contribution in [3.63, 3.8) is 0 Å². The summed E-state index contributed by atoms with van der Waals surface area (Å²) in [4.78, 5) is 16.5. The van der Waals surface area contributed by atoms with Crippen LogP contribution in [0.3, 0.4) is 0 Å². The fourth-order valence-electron chi connectivity index (χ4n) is 2.52. The second-order valence-corrected chi connectivity index (χ2v) is 8.23. The maximum atomic E-state index is 12.6. The van der Waals surface area contributed by atoms with Gasteiger partial charge < -0.3 is 9.80 Å². The molecule has 0 spiro atoms. The van der Waals surface area contributed by atoms with Gasteiger partial charge in [0.25, 0.3) is 5.91 Å². The van der Waals surface area contributed by atoms with Crippen molar-refractivity contribution in [3.05, 3.63) is 28.8 Å². The van der Waals surface area contributed by atoms with Crippen LogP contribution in [-0.4, -0.2) is 63.4 Å². The van der Waals surface area contributed by atoms with Crippen molar-refractivity contribution in [1.82, 2.24) is 14.5 Å². The number of hydrogen-bond acceptors (Lipinski definition) is 4. The maximum Gasteiger partial charge on any atom is 0.253 e. The quantitative estimate of drug-likeness (QED) is 0.878. The number of carbonyl (C=O) groups excluding carboxylic acids is 1. The summed E-state index contributed by atoms with van der Waals surface area (Å²) in [6.45, 7) is 2.90. The van der Waals surface area contributed by atoms with Crippen LogP contribution in [0.5, 0.6) is 0 Å². The average molecular weight is 358 g/mol. The van der Waals surface area contributed by atoms with Crippen LogP contribution in [0.1, 0.15) is 23.2 Å². The number of nitrogens with zero attached hydrogens (tertiary/aromatic N) is 2. The minimum Gasteiger partial charge on any atom is -0.336 e. The van der Waals surface area contributed by atoms with E-state index in [1.165, 1.54) is 12.1 Å². The van der Waals surface area contributed by atoms with Gasteiger partial charge in [-0.15, -0.1) is 0 Å². The van der Waals surface area contributed by atoms with Gasteiger partial charge in [-0.2, -0.15) is 0 Å². The molecule has 1 aromatic carbocycles. The van der Waals surface area contributed by atoms with Gasteiger partial charge in [0, 0.05) is 37.8 Å². The van der Waals surface area contributed by atoms with Crippen molar-refractivity contribution in [1.29, 1.82) is 0 Å². The molecule has 126 valence electrons. The average Bonchev–Trinajstić information content (AvgIpc) is 3.31. The Balaban J connectivity index is 1.83. The van der Waals surface area contributed by atoms with E-state index >= 15 is 0 Å². The predicted octanol–water partition coefficient (Wildman–Crippen LogP) is 1.17. The summed E-state index contributed by atoms with van der Waals surface area (Å²) in [5, 5.41) is 0.132. The number of likely N-dealkylation sites (N-methyl/N-ethyl adjacent to an activating group) is 1. The van der Waals surface area contributed by atoms with Gasteiger partial charge in [-0.25, -0.2) is 13.1 Å². The van der Waals surface area contributed by atoms with Gasteiger partial charge in [0.15, 0.2) is 0 Å². The van der Waals surface area contributed by atoms with Crippen LogP contribution >= 0.6 is 11.6 Å². The van der Waals surface area contributed by atoms with E-state index in [-0.39, 0.29) is 21.9 Å². The largest absolute Gasteiger partial charge is 0.336 e. The lowest BCUT2D eigenvalue weighted by molar-refractivity contribution is 0.0664. The van der Waals surface area contributed by atoms with E-state index in [0.717, 1.165) is 25.9 Å². The molecule has 1 aliphatic carbocycles. The Labute approximate surface area is 141 Å². The Morgan fingerprint density at radius 2 is 1.87 bits per heavy atom. The highest BCUT2D eigenvalue weighted by molar-refractivity contribution is 7.89. The molecule has 6 nitrogen and oxygen atoms in total. The molecular formula is C15H20ClN3O3S. The highest BCUT2D eigenvalue weighted by Gasteiger charge is 2.30. The number of sulfonamides is 1. The van der Waals surface area contributed by atoms with Crippen LogP contribution in [0.15, 0.2) is 23.1 Å². The molecule has 23 heavy (non-hydrogen) atoms. The fourth-order valence-corrected chi connectivity index (χ4v) is 4.35. The van der Waals surface area contributed by atoms with Crippen LogP contribution in [0.4, 0.5) is 0 Å². The van der Waals surface area contributed by atoms with Gasteiger partial charge in [0.2, 0.25) is 10.0 Å². The molecule has 1 saturated carbocycles. The van der Waals surface area contributed by atoms with E-state index in [1.807, 2.05) is 7.05 Å². The zero-order valence-corrected chi connectivity index (χ0v) is 14.5. The van der Waals surface area contributed by atoms with E-state index < -0.39 is 10.0 Å². The van der Waals surface area contributed by atoms with Crippen LogP contribution in [0.25, 0.3) is 0 Å². The zero-order valence-electron chi connectivity index (χ0n) is 13.0. The lowest BCUT2D eigenvalue weighted by Gasteiger charge is -2.32. The van der Waals surface area contributed by atoms with Gasteiger partial charge in [-0.1, -0.05) is 11.6 Å². The number of benzene rings is 1. The number of rotatable bonds is 4. The van der Waals surface area contributed by atoms with Crippen molar-refractivity contribution < 1.29 is 13.2 Å². The maximum absolute atomic E-state index is 12.6. The smallest absolute Gasteiger partial charge is 0.253 e. The van der Waals surface area contributed by atoms with E-state index in [2.05, 4.69) is 9.62 Å². The standard InChI is InChI=1S/C15H20ClN3O3S/c1-18-6-8-19(9-7-18)15(20)11-2-5-13(16)14(10-11)23(21,22)17-12-3-4-12/h2,5,10,12,17H,3-4,6-9H2,1H3. The molecule has 8 heteroatoms. The van der Waals surface area contributed by atoms with Gasteiger partial charge >= 0.3 is 0 Å². The molecular weight excluding hydrogens is 338 g/mol. The van der Waals surface area contributed by atoms with Crippen LogP contribution in [-0.2, 0) is 10.0 Å². The highest BCUT2D eigenvalue weighted by atomic mass is 35.5. The van der Waals surface area contributed by atoms with Gasteiger partial charge in [-0.3, -0.25) is 4.79 Å². The topological polar surface area (TPSA) is 69.7 Å². The van der Waals surface area contributed by atoms with Crippen molar-refractivity contribution >= 4 is 27.5 Å². The summed E-state index contributed by atoms with van der Waals surface area (Å²) in [6.07, 6.45) is 1.69. The van der Waals surface area contributed by atoms with Crippen LogP contribution in [0, 0.1) is 0 Å². The van der Waals surface area contributed by atoms with Crippen molar-refractivity contribution in [2.24, 2.45) is 0 Å². The lowest BCUT2D eigenvalue weighted by Crippen LogP contribution is -2.47. The molecule has 0 bridgehead atoms. The fraction of sp³-hybridized carbons (Fsp3) is 0.533. The van der Waals surface area contributed by atoms with Crippen molar-refractivity contribution in [3.8, 4) is 0 Å². The molecule has 2 aliphatic rings. The number of hydrogen-bond donors (Lipinski definition) is 1. The van der Waals surface area contributed by atoms with Gasteiger partial charge in [0.05, 0.1) is 5.02 Å². The first-order valence-corrected chi connectivity index (χ1v) is 9.52. The van der Waals surface area contributed by atoms with Crippen molar-refractivity contribution in [2.75, 3.05) is 33.2 Å². The van der Waals surface area contributed by atoms with Crippen LogP contribution in [0.2, 0.25) is 5.02 Å². The monoisotopic (exact) mass is 357 g/mol. The van der Waals surface area contributed by atoms with Crippen LogP contribution < -0.4 is 4.72 Å². The molecule has 1 amide bonds. The third-order valence-corrected chi connectivity index (χ3v) is 6.16. The molecule has 0 aromatic heterocycles. The van der Waals surface area contributed by atoms with Gasteiger partial charge in [0.1, 0.15) is 4.90 Å². The molecule has 1 saturated heterocycles. The number of piperazine rings is 1. The Bertz CT molecular complexity index is 711. The summed E-state index contributed by atoms with van der Waals surface area (Å²) in [5.74, 6) is -0.155. The molecule has 3 rings (SSSR count).